The average molecular weight is 419 g/mol. The van der Waals surface area contributed by atoms with Crippen LogP contribution in [0.15, 0.2) is 52.3 Å². The number of hydrogen-bond donors (Lipinski definition) is 0. The van der Waals surface area contributed by atoms with Crippen molar-refractivity contribution in [3.05, 3.63) is 59.4 Å². The molecule has 0 N–H and O–H groups in total. The summed E-state index contributed by atoms with van der Waals surface area (Å²) in [4.78, 5) is 2.33. The zero-order valence-corrected chi connectivity index (χ0v) is 20.5. The number of halogens is 1. The van der Waals surface area contributed by atoms with Crippen LogP contribution in [0.4, 0.5) is 4.39 Å². The lowest BCUT2D eigenvalue weighted by molar-refractivity contribution is 0.602. The molecule has 0 amide bonds. The monoisotopic (exact) mass is 418 g/mol. The summed E-state index contributed by atoms with van der Waals surface area (Å²) >= 11 is 1.68. The maximum Gasteiger partial charge on any atom is 0.123 e. The Hall–Kier alpha value is -1.28. The molecule has 29 heavy (non-hydrogen) atoms. The van der Waals surface area contributed by atoms with Crippen LogP contribution >= 0.6 is 11.8 Å². The second-order valence-electron chi connectivity index (χ2n) is 7.55. The standard InChI is InChI=1S/C14H13FS.C9H20.C4H10/c1-10-5-3-4-6-13(10)16-14-8-7-12(15)9-11(14)2;1-3-5-7-9-8-6-4-2;1-3-4-2/h3-9H,1-2H3;3-9H2,1-2H3;3-4H2,1-2H3. The van der Waals surface area contributed by atoms with Crippen LogP contribution in [-0.2, 0) is 0 Å². The van der Waals surface area contributed by atoms with Crippen molar-refractivity contribution in [3.63, 3.8) is 0 Å². The molecule has 0 unspecified atom stereocenters. The van der Waals surface area contributed by atoms with Gasteiger partial charge < -0.3 is 0 Å². The van der Waals surface area contributed by atoms with Crippen molar-refractivity contribution in [2.45, 2.75) is 109 Å². The average Bonchev–Trinajstić information content (AvgIpc) is 2.72. The molecule has 0 aromatic heterocycles. The quantitative estimate of drug-likeness (QED) is 0.365. The van der Waals surface area contributed by atoms with Gasteiger partial charge in [-0.15, -0.1) is 0 Å². The van der Waals surface area contributed by atoms with Crippen LogP contribution in [0.25, 0.3) is 0 Å². The summed E-state index contributed by atoms with van der Waals surface area (Å²) in [6.07, 6.45) is 12.6. The first-order valence-corrected chi connectivity index (χ1v) is 12.3. The summed E-state index contributed by atoms with van der Waals surface area (Å²) in [6.45, 7) is 12.9. The molecular formula is C27H43FS. The van der Waals surface area contributed by atoms with E-state index in [0.29, 0.717) is 0 Å². The van der Waals surface area contributed by atoms with Gasteiger partial charge in [0.15, 0.2) is 0 Å². The molecule has 0 aliphatic heterocycles. The van der Waals surface area contributed by atoms with Gasteiger partial charge in [0.1, 0.15) is 5.82 Å². The molecule has 0 heterocycles. The van der Waals surface area contributed by atoms with Crippen molar-refractivity contribution in [2.24, 2.45) is 0 Å². The van der Waals surface area contributed by atoms with Gasteiger partial charge in [0.25, 0.3) is 0 Å². The molecule has 0 bridgehead atoms. The summed E-state index contributed by atoms with van der Waals surface area (Å²) in [5, 5.41) is 0. The molecule has 164 valence electrons. The van der Waals surface area contributed by atoms with Gasteiger partial charge >= 0.3 is 0 Å². The topological polar surface area (TPSA) is 0 Å². The lowest BCUT2D eigenvalue weighted by Gasteiger charge is -2.07. The minimum Gasteiger partial charge on any atom is -0.207 e. The highest BCUT2D eigenvalue weighted by Crippen LogP contribution is 2.32. The summed E-state index contributed by atoms with van der Waals surface area (Å²) in [7, 11) is 0. The molecular weight excluding hydrogens is 375 g/mol. The van der Waals surface area contributed by atoms with Crippen molar-refractivity contribution >= 4 is 11.8 Å². The van der Waals surface area contributed by atoms with Crippen LogP contribution in [0.2, 0.25) is 0 Å². The Bertz CT molecular complexity index is 628. The number of rotatable bonds is 9. The highest BCUT2D eigenvalue weighted by Gasteiger charge is 2.04. The number of unbranched alkanes of at least 4 members (excludes halogenated alkanes) is 7. The van der Waals surface area contributed by atoms with Gasteiger partial charge in [0, 0.05) is 9.79 Å². The minimum atomic E-state index is -0.174. The number of hydrogen-bond acceptors (Lipinski definition) is 1. The third-order valence-electron chi connectivity index (χ3n) is 4.66. The Kier molecular flexibility index (Phi) is 17.9. The number of benzene rings is 2. The van der Waals surface area contributed by atoms with E-state index in [1.165, 1.54) is 74.3 Å². The Morgan fingerprint density at radius 3 is 1.62 bits per heavy atom. The highest BCUT2D eigenvalue weighted by molar-refractivity contribution is 7.99. The molecule has 0 fully saturated rings. The molecule has 0 saturated carbocycles. The van der Waals surface area contributed by atoms with E-state index in [0.717, 1.165) is 10.5 Å². The molecule has 2 heteroatoms. The van der Waals surface area contributed by atoms with Crippen LogP contribution in [0.5, 0.6) is 0 Å². The zero-order chi connectivity index (χ0) is 21.9. The predicted octanol–water partition coefficient (Wildman–Crippen LogP) is 10.2. The molecule has 0 aliphatic rings. The van der Waals surface area contributed by atoms with E-state index in [1.54, 1.807) is 17.8 Å². The third kappa shape index (κ3) is 14.4. The minimum absolute atomic E-state index is 0.174. The van der Waals surface area contributed by atoms with E-state index in [9.17, 15) is 4.39 Å². The largest absolute Gasteiger partial charge is 0.207 e. The van der Waals surface area contributed by atoms with E-state index in [1.807, 2.05) is 25.1 Å². The van der Waals surface area contributed by atoms with Gasteiger partial charge in [0.05, 0.1) is 0 Å². The number of aryl methyl sites for hydroxylation is 2. The van der Waals surface area contributed by atoms with E-state index >= 15 is 0 Å². The fraction of sp³-hybridized carbons (Fsp3) is 0.556. The summed E-state index contributed by atoms with van der Waals surface area (Å²) in [5.41, 5.74) is 2.23. The van der Waals surface area contributed by atoms with Gasteiger partial charge in [-0.05, 0) is 49.2 Å². The fourth-order valence-electron chi connectivity index (χ4n) is 2.55. The Morgan fingerprint density at radius 1 is 0.621 bits per heavy atom. The predicted molar refractivity (Wildman–Crippen MR) is 131 cm³/mol. The van der Waals surface area contributed by atoms with Gasteiger partial charge in [-0.1, -0.05) is 115 Å². The summed E-state index contributed by atoms with van der Waals surface area (Å²) in [5.74, 6) is -0.174. The molecule has 0 atom stereocenters. The van der Waals surface area contributed by atoms with Crippen molar-refractivity contribution in [3.8, 4) is 0 Å². The first-order valence-electron chi connectivity index (χ1n) is 11.5. The first kappa shape index (κ1) is 27.7. The van der Waals surface area contributed by atoms with Crippen molar-refractivity contribution in [2.75, 3.05) is 0 Å². The maximum atomic E-state index is 13.0. The smallest absolute Gasteiger partial charge is 0.123 e. The van der Waals surface area contributed by atoms with Crippen LogP contribution in [0, 0.1) is 19.7 Å². The highest BCUT2D eigenvalue weighted by atomic mass is 32.2. The van der Waals surface area contributed by atoms with Crippen LogP contribution in [0.3, 0.4) is 0 Å². The van der Waals surface area contributed by atoms with Crippen molar-refractivity contribution in [1.29, 1.82) is 0 Å². The molecule has 0 saturated heterocycles. The van der Waals surface area contributed by atoms with E-state index in [4.69, 9.17) is 0 Å². The Morgan fingerprint density at radius 2 is 1.14 bits per heavy atom. The molecule has 0 nitrogen and oxygen atoms in total. The van der Waals surface area contributed by atoms with Crippen LogP contribution < -0.4 is 0 Å². The van der Waals surface area contributed by atoms with Crippen molar-refractivity contribution < 1.29 is 4.39 Å². The molecule has 2 aromatic rings. The molecule has 2 aromatic carbocycles. The van der Waals surface area contributed by atoms with Crippen molar-refractivity contribution in [1.82, 2.24) is 0 Å². The molecule has 0 aliphatic carbocycles. The first-order chi connectivity index (χ1) is 14.0. The van der Waals surface area contributed by atoms with Gasteiger partial charge in [0.2, 0.25) is 0 Å². The Labute approximate surface area is 184 Å². The lowest BCUT2D eigenvalue weighted by atomic mass is 10.1. The molecule has 0 spiro atoms. The normalized spacial score (nSPS) is 9.90. The summed E-state index contributed by atoms with van der Waals surface area (Å²) in [6, 6.07) is 13.1. The van der Waals surface area contributed by atoms with Crippen LogP contribution in [-0.4, -0.2) is 0 Å². The maximum absolute atomic E-state index is 13.0. The Balaban J connectivity index is 0.000000512. The van der Waals surface area contributed by atoms with E-state index in [2.05, 4.69) is 46.8 Å². The van der Waals surface area contributed by atoms with Gasteiger partial charge in [-0.25, -0.2) is 4.39 Å². The van der Waals surface area contributed by atoms with Gasteiger partial charge in [-0.3, -0.25) is 0 Å². The lowest BCUT2D eigenvalue weighted by Crippen LogP contribution is -1.84. The summed E-state index contributed by atoms with van der Waals surface area (Å²) < 4.78 is 13.0. The molecule has 0 radical (unpaired) electrons. The van der Waals surface area contributed by atoms with E-state index < -0.39 is 0 Å². The van der Waals surface area contributed by atoms with Crippen LogP contribution in [0.1, 0.15) is 96.6 Å². The molecule has 2 rings (SSSR count). The second-order valence-corrected chi connectivity index (χ2v) is 8.63. The zero-order valence-electron chi connectivity index (χ0n) is 19.7. The van der Waals surface area contributed by atoms with E-state index in [-0.39, 0.29) is 5.82 Å². The third-order valence-corrected chi connectivity index (χ3v) is 6.01. The SMILES string of the molecule is CCCC.CCCCCCCCC.Cc1ccccc1Sc1ccc(F)cc1C. The van der Waals surface area contributed by atoms with Gasteiger partial charge in [-0.2, -0.15) is 0 Å². The second kappa shape index (κ2) is 18.7. The fourth-order valence-corrected chi connectivity index (χ4v) is 3.52.